The molecule has 0 unspecified atom stereocenters. The molecule has 5 nitrogen and oxygen atoms in total. The van der Waals surface area contributed by atoms with E-state index in [0.29, 0.717) is 0 Å². The van der Waals surface area contributed by atoms with E-state index < -0.39 is 0 Å². The summed E-state index contributed by atoms with van der Waals surface area (Å²) in [6.45, 7) is 3.70. The van der Waals surface area contributed by atoms with Crippen molar-refractivity contribution < 1.29 is 0 Å². The maximum atomic E-state index is 4.43. The molecule has 0 amide bonds. The van der Waals surface area contributed by atoms with E-state index in [1.807, 2.05) is 37.5 Å². The first-order valence-electron chi connectivity index (χ1n) is 7.12. The highest BCUT2D eigenvalue weighted by Crippen LogP contribution is 2.14. The van der Waals surface area contributed by atoms with Gasteiger partial charge in [-0.3, -0.25) is 4.57 Å². The minimum Gasteiger partial charge on any atom is -0.349 e. The van der Waals surface area contributed by atoms with Crippen LogP contribution in [-0.4, -0.2) is 26.1 Å². The molecule has 0 aliphatic heterocycles. The van der Waals surface area contributed by atoms with Crippen LogP contribution in [0.1, 0.15) is 17.3 Å². The van der Waals surface area contributed by atoms with Crippen LogP contribution >= 0.6 is 0 Å². The summed E-state index contributed by atoms with van der Waals surface area (Å²) in [5, 5.41) is 3.44. The highest BCUT2D eigenvalue weighted by molar-refractivity contribution is 5.35. The Morgan fingerprint density at radius 2 is 2.05 bits per heavy atom. The predicted molar refractivity (Wildman–Crippen MR) is 82.3 cm³/mol. The standard InChI is InChI=1S/C16H19N5/c1-13-20-12-15(21(13)14-5-3-2-4-6-14)11-17-8-7-16-18-9-10-19-16/h2-6,9-10,12,17H,7-8,11H2,1H3,(H,18,19). The van der Waals surface area contributed by atoms with Gasteiger partial charge in [0, 0.05) is 37.6 Å². The number of benzene rings is 1. The topological polar surface area (TPSA) is 58.5 Å². The molecular formula is C16H19N5. The minimum atomic E-state index is 0.788. The van der Waals surface area contributed by atoms with Crippen molar-refractivity contribution in [2.45, 2.75) is 19.9 Å². The van der Waals surface area contributed by atoms with Crippen molar-refractivity contribution in [1.82, 2.24) is 24.8 Å². The second-order valence-electron chi connectivity index (χ2n) is 4.93. The van der Waals surface area contributed by atoms with Crippen molar-refractivity contribution in [2.24, 2.45) is 0 Å². The summed E-state index contributed by atoms with van der Waals surface area (Å²) in [6, 6.07) is 10.3. The lowest BCUT2D eigenvalue weighted by Crippen LogP contribution is -2.19. The van der Waals surface area contributed by atoms with Gasteiger partial charge in [0.25, 0.3) is 0 Å². The van der Waals surface area contributed by atoms with E-state index in [2.05, 4.69) is 37.0 Å². The van der Waals surface area contributed by atoms with E-state index in [1.54, 1.807) is 6.20 Å². The van der Waals surface area contributed by atoms with Crippen molar-refractivity contribution >= 4 is 0 Å². The Balaban J connectivity index is 1.64. The van der Waals surface area contributed by atoms with E-state index in [9.17, 15) is 0 Å². The van der Waals surface area contributed by atoms with Crippen molar-refractivity contribution in [1.29, 1.82) is 0 Å². The number of aryl methyl sites for hydroxylation is 1. The Labute approximate surface area is 124 Å². The summed E-state index contributed by atoms with van der Waals surface area (Å²) < 4.78 is 2.18. The Morgan fingerprint density at radius 1 is 1.19 bits per heavy atom. The number of hydrogen-bond acceptors (Lipinski definition) is 3. The molecule has 0 saturated carbocycles. The lowest BCUT2D eigenvalue weighted by atomic mass is 10.3. The molecule has 2 N–H and O–H groups in total. The lowest BCUT2D eigenvalue weighted by Gasteiger charge is -2.11. The molecule has 1 aromatic carbocycles. The average molecular weight is 281 g/mol. The maximum absolute atomic E-state index is 4.43. The lowest BCUT2D eigenvalue weighted by molar-refractivity contribution is 0.653. The molecule has 0 aliphatic rings. The highest BCUT2D eigenvalue weighted by atomic mass is 15.1. The van der Waals surface area contributed by atoms with Gasteiger partial charge < -0.3 is 10.3 Å². The Kier molecular flexibility index (Phi) is 4.12. The van der Waals surface area contributed by atoms with Crippen LogP contribution in [0, 0.1) is 6.92 Å². The molecule has 0 radical (unpaired) electrons. The van der Waals surface area contributed by atoms with Gasteiger partial charge in [-0.2, -0.15) is 0 Å². The van der Waals surface area contributed by atoms with Gasteiger partial charge in [-0.1, -0.05) is 18.2 Å². The SMILES string of the molecule is Cc1ncc(CNCCc2ncc[nH]2)n1-c1ccccc1. The minimum absolute atomic E-state index is 0.788. The monoisotopic (exact) mass is 281 g/mol. The van der Waals surface area contributed by atoms with Crippen molar-refractivity contribution in [3.63, 3.8) is 0 Å². The third-order valence-corrected chi connectivity index (χ3v) is 3.43. The summed E-state index contributed by atoms with van der Waals surface area (Å²) in [5.41, 5.74) is 2.31. The Morgan fingerprint density at radius 3 is 2.81 bits per heavy atom. The van der Waals surface area contributed by atoms with E-state index in [0.717, 1.165) is 42.5 Å². The van der Waals surface area contributed by atoms with Gasteiger partial charge in [0.05, 0.1) is 11.9 Å². The fourth-order valence-electron chi connectivity index (χ4n) is 2.40. The Hall–Kier alpha value is -2.40. The van der Waals surface area contributed by atoms with Gasteiger partial charge in [-0.25, -0.2) is 9.97 Å². The quantitative estimate of drug-likeness (QED) is 0.681. The zero-order chi connectivity index (χ0) is 14.5. The molecule has 0 fully saturated rings. The summed E-state index contributed by atoms with van der Waals surface area (Å²) in [6.07, 6.45) is 6.46. The number of H-pyrrole nitrogens is 1. The van der Waals surface area contributed by atoms with Crippen LogP contribution in [0.25, 0.3) is 5.69 Å². The summed E-state index contributed by atoms with van der Waals surface area (Å²) in [5.74, 6) is 2.01. The van der Waals surface area contributed by atoms with Gasteiger partial charge in [0.2, 0.25) is 0 Å². The van der Waals surface area contributed by atoms with Gasteiger partial charge in [0.1, 0.15) is 11.6 Å². The third kappa shape index (κ3) is 3.20. The van der Waals surface area contributed by atoms with Gasteiger partial charge >= 0.3 is 0 Å². The van der Waals surface area contributed by atoms with E-state index >= 15 is 0 Å². The van der Waals surface area contributed by atoms with E-state index in [1.165, 1.54) is 0 Å². The molecule has 2 aromatic heterocycles. The molecule has 0 saturated heterocycles. The fourth-order valence-corrected chi connectivity index (χ4v) is 2.40. The second kappa shape index (κ2) is 6.37. The number of imidazole rings is 2. The summed E-state index contributed by atoms with van der Waals surface area (Å²) >= 11 is 0. The predicted octanol–water partition coefficient (Wildman–Crippen LogP) is 2.24. The van der Waals surface area contributed by atoms with Gasteiger partial charge in [0.15, 0.2) is 0 Å². The first-order valence-corrected chi connectivity index (χ1v) is 7.12. The molecule has 0 atom stereocenters. The molecule has 0 bridgehead atoms. The first kappa shape index (κ1) is 13.6. The molecule has 3 aromatic rings. The number of nitrogens with zero attached hydrogens (tertiary/aromatic N) is 3. The number of para-hydroxylation sites is 1. The zero-order valence-electron chi connectivity index (χ0n) is 12.1. The average Bonchev–Trinajstić information content (AvgIpc) is 3.14. The first-order chi connectivity index (χ1) is 10.3. The zero-order valence-corrected chi connectivity index (χ0v) is 12.1. The second-order valence-corrected chi connectivity index (χ2v) is 4.93. The van der Waals surface area contributed by atoms with Crippen molar-refractivity contribution in [2.75, 3.05) is 6.54 Å². The summed E-state index contributed by atoms with van der Waals surface area (Å²) in [4.78, 5) is 11.8. The molecule has 0 aliphatic carbocycles. The molecule has 0 spiro atoms. The van der Waals surface area contributed by atoms with Crippen LogP contribution < -0.4 is 5.32 Å². The molecule has 5 heteroatoms. The maximum Gasteiger partial charge on any atom is 0.110 e. The smallest absolute Gasteiger partial charge is 0.110 e. The largest absolute Gasteiger partial charge is 0.349 e. The normalized spacial score (nSPS) is 10.9. The van der Waals surface area contributed by atoms with Gasteiger partial charge in [-0.05, 0) is 19.1 Å². The molecule has 2 heterocycles. The fraction of sp³-hybridized carbons (Fsp3) is 0.250. The number of aromatic amines is 1. The number of hydrogen-bond donors (Lipinski definition) is 2. The van der Waals surface area contributed by atoms with Crippen LogP contribution in [-0.2, 0) is 13.0 Å². The van der Waals surface area contributed by atoms with Crippen molar-refractivity contribution in [3.8, 4) is 5.69 Å². The summed E-state index contributed by atoms with van der Waals surface area (Å²) in [7, 11) is 0. The van der Waals surface area contributed by atoms with Crippen molar-refractivity contribution in [3.05, 3.63) is 66.3 Å². The van der Waals surface area contributed by atoms with E-state index in [-0.39, 0.29) is 0 Å². The molecular weight excluding hydrogens is 262 g/mol. The third-order valence-electron chi connectivity index (χ3n) is 3.43. The number of aromatic nitrogens is 4. The highest BCUT2D eigenvalue weighted by Gasteiger charge is 2.07. The van der Waals surface area contributed by atoms with Crippen LogP contribution in [0.4, 0.5) is 0 Å². The molecule has 108 valence electrons. The van der Waals surface area contributed by atoms with E-state index in [4.69, 9.17) is 0 Å². The van der Waals surface area contributed by atoms with Crippen LogP contribution in [0.2, 0.25) is 0 Å². The molecule has 21 heavy (non-hydrogen) atoms. The Bertz CT molecular complexity index is 670. The van der Waals surface area contributed by atoms with Crippen LogP contribution in [0.5, 0.6) is 0 Å². The van der Waals surface area contributed by atoms with Crippen LogP contribution in [0.15, 0.2) is 48.9 Å². The molecule has 3 rings (SSSR count). The number of rotatable bonds is 6. The number of nitrogens with one attached hydrogen (secondary N) is 2. The van der Waals surface area contributed by atoms with Crippen LogP contribution in [0.3, 0.4) is 0 Å². The van der Waals surface area contributed by atoms with Gasteiger partial charge in [-0.15, -0.1) is 0 Å².